The Bertz CT molecular complexity index is 695. The zero-order chi connectivity index (χ0) is 13.4. The van der Waals surface area contributed by atoms with Crippen molar-refractivity contribution >= 4 is 5.82 Å². The zero-order valence-electron chi connectivity index (χ0n) is 10.3. The maximum Gasteiger partial charge on any atom is 0.133 e. The van der Waals surface area contributed by atoms with E-state index < -0.39 is 0 Å². The minimum Gasteiger partial charge on any atom is -0.384 e. The van der Waals surface area contributed by atoms with Gasteiger partial charge in [0.1, 0.15) is 11.6 Å². The molecule has 0 amide bonds. The van der Waals surface area contributed by atoms with E-state index >= 15 is 0 Å². The Kier molecular flexibility index (Phi) is 2.56. The average Bonchev–Trinajstić information content (AvgIpc) is 3.01. The molecule has 0 bridgehead atoms. The van der Waals surface area contributed by atoms with Gasteiger partial charge in [0.05, 0.1) is 11.4 Å². The summed E-state index contributed by atoms with van der Waals surface area (Å²) < 4.78 is 15.8. The predicted molar refractivity (Wildman–Crippen MR) is 70.3 cm³/mol. The monoisotopic (exact) mass is 257 g/mol. The number of hydrogen-bond donors (Lipinski definition) is 2. The highest BCUT2D eigenvalue weighted by atomic mass is 19.1. The standard InChI is InChI=1S/C13H12FN5/c1-8-12(13(15)18-17-8)10-4-3-9(7-11(10)14)19-6-2-5-16-19/h2-7H,1H3,(H3,15,17,18). The second-order valence-electron chi connectivity index (χ2n) is 4.21. The summed E-state index contributed by atoms with van der Waals surface area (Å²) in [6.45, 7) is 1.78. The van der Waals surface area contributed by atoms with Gasteiger partial charge in [-0.1, -0.05) is 0 Å². The van der Waals surface area contributed by atoms with Crippen LogP contribution in [-0.4, -0.2) is 20.0 Å². The van der Waals surface area contributed by atoms with Crippen LogP contribution in [0.1, 0.15) is 5.69 Å². The number of nitrogens with zero attached hydrogens (tertiary/aromatic N) is 3. The van der Waals surface area contributed by atoms with E-state index in [0.717, 1.165) is 0 Å². The molecule has 0 aliphatic carbocycles. The molecule has 3 rings (SSSR count). The maximum absolute atomic E-state index is 14.2. The van der Waals surface area contributed by atoms with E-state index in [2.05, 4.69) is 15.3 Å². The second kappa shape index (κ2) is 4.24. The molecule has 0 spiro atoms. The lowest BCUT2D eigenvalue weighted by atomic mass is 10.0. The number of hydrogen-bond acceptors (Lipinski definition) is 3. The van der Waals surface area contributed by atoms with Crippen molar-refractivity contribution in [3.8, 4) is 16.8 Å². The number of nitrogens with one attached hydrogen (secondary N) is 1. The van der Waals surface area contributed by atoms with Gasteiger partial charge in [-0.3, -0.25) is 5.10 Å². The Morgan fingerprint density at radius 1 is 1.37 bits per heavy atom. The molecule has 0 radical (unpaired) electrons. The molecule has 0 saturated heterocycles. The van der Waals surface area contributed by atoms with Gasteiger partial charge in [-0.15, -0.1) is 0 Å². The first-order chi connectivity index (χ1) is 9.16. The number of aryl methyl sites for hydroxylation is 1. The molecule has 3 aromatic rings. The van der Waals surface area contributed by atoms with Gasteiger partial charge in [0.25, 0.3) is 0 Å². The van der Waals surface area contributed by atoms with Gasteiger partial charge in [0.2, 0.25) is 0 Å². The van der Waals surface area contributed by atoms with Crippen LogP contribution in [0.15, 0.2) is 36.7 Å². The fraction of sp³-hybridized carbons (Fsp3) is 0.0769. The minimum absolute atomic E-state index is 0.357. The third-order valence-electron chi connectivity index (χ3n) is 2.97. The smallest absolute Gasteiger partial charge is 0.133 e. The van der Waals surface area contributed by atoms with Crippen molar-refractivity contribution < 1.29 is 4.39 Å². The highest BCUT2D eigenvalue weighted by Crippen LogP contribution is 2.30. The van der Waals surface area contributed by atoms with Crippen LogP contribution in [0.5, 0.6) is 0 Å². The van der Waals surface area contributed by atoms with Crippen molar-refractivity contribution in [2.45, 2.75) is 6.92 Å². The topological polar surface area (TPSA) is 72.5 Å². The molecule has 0 saturated carbocycles. The Balaban J connectivity index is 2.11. The van der Waals surface area contributed by atoms with Gasteiger partial charge < -0.3 is 5.73 Å². The Hall–Kier alpha value is -2.63. The first-order valence-electron chi connectivity index (χ1n) is 5.77. The van der Waals surface area contributed by atoms with E-state index in [1.807, 2.05) is 0 Å². The van der Waals surface area contributed by atoms with E-state index in [-0.39, 0.29) is 5.82 Å². The molecule has 2 heterocycles. The van der Waals surface area contributed by atoms with Gasteiger partial charge in [-0.25, -0.2) is 9.07 Å². The van der Waals surface area contributed by atoms with Crippen molar-refractivity contribution in [3.63, 3.8) is 0 Å². The summed E-state index contributed by atoms with van der Waals surface area (Å²) in [6, 6.07) is 6.68. The molecule has 3 N–H and O–H groups in total. The predicted octanol–water partition coefficient (Wildman–Crippen LogP) is 2.29. The molecule has 0 aliphatic heterocycles. The third kappa shape index (κ3) is 1.87. The van der Waals surface area contributed by atoms with Crippen LogP contribution in [0.4, 0.5) is 10.2 Å². The number of benzene rings is 1. The molecular formula is C13H12FN5. The van der Waals surface area contributed by atoms with Gasteiger partial charge in [-0.2, -0.15) is 10.2 Å². The van der Waals surface area contributed by atoms with Crippen molar-refractivity contribution in [3.05, 3.63) is 48.2 Å². The molecule has 19 heavy (non-hydrogen) atoms. The third-order valence-corrected chi connectivity index (χ3v) is 2.97. The summed E-state index contributed by atoms with van der Waals surface area (Å²) in [4.78, 5) is 0. The van der Waals surface area contributed by atoms with Gasteiger partial charge >= 0.3 is 0 Å². The number of halogens is 1. The normalized spacial score (nSPS) is 10.8. The maximum atomic E-state index is 14.2. The minimum atomic E-state index is -0.357. The Morgan fingerprint density at radius 3 is 2.79 bits per heavy atom. The van der Waals surface area contributed by atoms with Gasteiger partial charge in [0.15, 0.2) is 0 Å². The van der Waals surface area contributed by atoms with E-state index in [4.69, 9.17) is 5.73 Å². The van der Waals surface area contributed by atoms with E-state index in [1.54, 1.807) is 42.2 Å². The van der Waals surface area contributed by atoms with E-state index in [0.29, 0.717) is 28.3 Å². The summed E-state index contributed by atoms with van der Waals surface area (Å²) in [7, 11) is 0. The Morgan fingerprint density at radius 2 is 2.21 bits per heavy atom. The van der Waals surface area contributed by atoms with Crippen LogP contribution in [0.25, 0.3) is 16.8 Å². The van der Waals surface area contributed by atoms with Gasteiger partial charge in [-0.05, 0) is 25.1 Å². The van der Waals surface area contributed by atoms with Crippen LogP contribution < -0.4 is 5.73 Å². The number of nitrogens with two attached hydrogens (primary N) is 1. The lowest BCUT2D eigenvalue weighted by Gasteiger charge is -2.06. The van der Waals surface area contributed by atoms with Crippen molar-refractivity contribution in [1.82, 2.24) is 20.0 Å². The number of H-pyrrole nitrogens is 1. The molecule has 0 aliphatic rings. The molecule has 1 aromatic carbocycles. The highest BCUT2D eigenvalue weighted by molar-refractivity contribution is 5.77. The molecular weight excluding hydrogens is 245 g/mol. The van der Waals surface area contributed by atoms with Crippen LogP contribution in [0, 0.1) is 12.7 Å². The molecule has 0 atom stereocenters. The van der Waals surface area contributed by atoms with Crippen molar-refractivity contribution in [1.29, 1.82) is 0 Å². The number of nitrogen functional groups attached to an aromatic ring is 1. The first-order valence-corrected chi connectivity index (χ1v) is 5.77. The summed E-state index contributed by atoms with van der Waals surface area (Å²) >= 11 is 0. The quantitative estimate of drug-likeness (QED) is 0.739. The highest BCUT2D eigenvalue weighted by Gasteiger charge is 2.14. The summed E-state index contributed by atoms with van der Waals surface area (Å²) in [5, 5.41) is 10.7. The fourth-order valence-corrected chi connectivity index (χ4v) is 2.06. The van der Waals surface area contributed by atoms with Crippen LogP contribution >= 0.6 is 0 Å². The number of anilines is 1. The molecule has 2 aromatic heterocycles. The van der Waals surface area contributed by atoms with E-state index in [1.165, 1.54) is 6.07 Å². The summed E-state index contributed by atoms with van der Waals surface area (Å²) in [5.74, 6) is 0.00689. The largest absolute Gasteiger partial charge is 0.384 e. The van der Waals surface area contributed by atoms with Crippen molar-refractivity contribution in [2.75, 3.05) is 5.73 Å². The first kappa shape index (κ1) is 11.5. The number of aromatic nitrogens is 4. The molecule has 6 heteroatoms. The lowest BCUT2D eigenvalue weighted by Crippen LogP contribution is -1.97. The van der Waals surface area contributed by atoms with Gasteiger partial charge in [0, 0.05) is 29.6 Å². The molecule has 5 nitrogen and oxygen atoms in total. The van der Waals surface area contributed by atoms with Crippen LogP contribution in [0.3, 0.4) is 0 Å². The van der Waals surface area contributed by atoms with Crippen LogP contribution in [0.2, 0.25) is 0 Å². The van der Waals surface area contributed by atoms with Crippen LogP contribution in [-0.2, 0) is 0 Å². The SMILES string of the molecule is Cc1n[nH]c(N)c1-c1ccc(-n2cccn2)cc1F. The molecule has 0 fully saturated rings. The average molecular weight is 257 g/mol. The number of rotatable bonds is 2. The molecule has 96 valence electrons. The summed E-state index contributed by atoms with van der Waals surface area (Å²) in [6.07, 6.45) is 3.40. The number of aromatic amines is 1. The fourth-order valence-electron chi connectivity index (χ4n) is 2.06. The second-order valence-corrected chi connectivity index (χ2v) is 4.21. The lowest BCUT2D eigenvalue weighted by molar-refractivity contribution is 0.629. The summed E-state index contributed by atoms with van der Waals surface area (Å²) in [5.41, 5.74) is 8.13. The van der Waals surface area contributed by atoms with E-state index in [9.17, 15) is 4.39 Å². The van der Waals surface area contributed by atoms with Crippen molar-refractivity contribution in [2.24, 2.45) is 0 Å². The molecule has 0 unspecified atom stereocenters. The zero-order valence-corrected chi connectivity index (χ0v) is 10.3. The Labute approximate surface area is 108 Å².